The number of amides is 1. The van der Waals surface area contributed by atoms with Crippen molar-refractivity contribution in [2.24, 2.45) is 0 Å². The lowest BCUT2D eigenvalue weighted by Crippen LogP contribution is -2.11. The van der Waals surface area contributed by atoms with Crippen molar-refractivity contribution < 1.29 is 4.79 Å². The Morgan fingerprint density at radius 3 is 1.24 bits per heavy atom. The van der Waals surface area contributed by atoms with E-state index in [1.807, 2.05) is 0 Å². The van der Waals surface area contributed by atoms with Gasteiger partial charge in [-0.25, -0.2) is 0 Å². The van der Waals surface area contributed by atoms with E-state index in [-0.39, 0.29) is 0 Å². The zero-order valence-corrected chi connectivity index (χ0v) is 14.5. The summed E-state index contributed by atoms with van der Waals surface area (Å²) in [5.74, 6) is 0. The molecular weight excluding hydrogens is 258 g/mol. The molecule has 0 spiro atoms. The molecule has 0 saturated carbocycles. The van der Waals surface area contributed by atoms with Gasteiger partial charge < -0.3 is 5.32 Å². The number of unbranched alkanes of at least 4 members (excludes halogenated alkanes) is 15. The van der Waals surface area contributed by atoms with Crippen LogP contribution < -0.4 is 5.32 Å². The fourth-order valence-corrected chi connectivity index (χ4v) is 2.83. The smallest absolute Gasteiger partial charge is 0.207 e. The minimum atomic E-state index is 0.797. The van der Waals surface area contributed by atoms with Gasteiger partial charge in [0, 0.05) is 6.54 Å². The van der Waals surface area contributed by atoms with Crippen molar-refractivity contribution in [3.8, 4) is 0 Å². The Bertz CT molecular complexity index is 194. The molecule has 0 aromatic heterocycles. The molecule has 0 fully saturated rings. The average Bonchev–Trinajstić information content (AvgIpc) is 2.50. The van der Waals surface area contributed by atoms with Crippen LogP contribution >= 0.6 is 0 Å². The highest BCUT2D eigenvalue weighted by atomic mass is 16.1. The highest BCUT2D eigenvalue weighted by Gasteiger charge is 1.94. The van der Waals surface area contributed by atoms with Crippen LogP contribution in [0.15, 0.2) is 0 Å². The maximum Gasteiger partial charge on any atom is 0.207 e. The van der Waals surface area contributed by atoms with Crippen molar-refractivity contribution in [3.63, 3.8) is 0 Å². The van der Waals surface area contributed by atoms with E-state index < -0.39 is 0 Å². The molecule has 0 aliphatic rings. The van der Waals surface area contributed by atoms with Crippen LogP contribution in [0.1, 0.15) is 110 Å². The SMILES string of the molecule is CCCCCCCCCCCCCCCCCCNC=O. The zero-order chi connectivity index (χ0) is 15.4. The van der Waals surface area contributed by atoms with Gasteiger partial charge in [-0.15, -0.1) is 0 Å². The standard InChI is InChI=1S/C19H39NO/c1-2-3-4-5-6-7-8-9-10-11-12-13-14-15-16-17-18-20-19-21/h19H,2-18H2,1H3,(H,20,21). The lowest BCUT2D eigenvalue weighted by atomic mass is 10.0. The molecular formula is C19H39NO. The summed E-state index contributed by atoms with van der Waals surface area (Å²) in [5.41, 5.74) is 0. The Morgan fingerprint density at radius 2 is 0.905 bits per heavy atom. The fourth-order valence-electron chi connectivity index (χ4n) is 2.83. The lowest BCUT2D eigenvalue weighted by Gasteiger charge is -2.03. The minimum absolute atomic E-state index is 0.797. The first-order valence-corrected chi connectivity index (χ1v) is 9.59. The number of carbonyl (C=O) groups is 1. The van der Waals surface area contributed by atoms with Gasteiger partial charge in [0.25, 0.3) is 0 Å². The van der Waals surface area contributed by atoms with Crippen LogP contribution in [0.5, 0.6) is 0 Å². The van der Waals surface area contributed by atoms with Gasteiger partial charge in [0.15, 0.2) is 0 Å². The van der Waals surface area contributed by atoms with Crippen molar-refractivity contribution in [2.45, 2.75) is 110 Å². The van der Waals surface area contributed by atoms with Crippen LogP contribution in [0.2, 0.25) is 0 Å². The number of hydrogen-bond donors (Lipinski definition) is 1. The van der Waals surface area contributed by atoms with Gasteiger partial charge in [-0.2, -0.15) is 0 Å². The third-order valence-electron chi connectivity index (χ3n) is 4.26. The second-order valence-corrected chi connectivity index (χ2v) is 6.38. The van der Waals surface area contributed by atoms with Crippen LogP contribution in [0.3, 0.4) is 0 Å². The molecule has 2 nitrogen and oxygen atoms in total. The average molecular weight is 298 g/mol. The largest absolute Gasteiger partial charge is 0.359 e. The Kier molecular flexibility index (Phi) is 19.0. The van der Waals surface area contributed by atoms with Crippen molar-refractivity contribution in [2.75, 3.05) is 6.54 Å². The summed E-state index contributed by atoms with van der Waals surface area (Å²) in [6.07, 6.45) is 23.1. The number of hydrogen-bond acceptors (Lipinski definition) is 1. The zero-order valence-electron chi connectivity index (χ0n) is 14.5. The van der Waals surface area contributed by atoms with Gasteiger partial charge in [0.05, 0.1) is 0 Å². The molecule has 0 radical (unpaired) electrons. The second-order valence-electron chi connectivity index (χ2n) is 6.38. The lowest BCUT2D eigenvalue weighted by molar-refractivity contribution is -0.109. The molecule has 0 atom stereocenters. The van der Waals surface area contributed by atoms with Crippen LogP contribution in [0, 0.1) is 0 Å². The van der Waals surface area contributed by atoms with Crippen LogP contribution in [-0.4, -0.2) is 13.0 Å². The molecule has 21 heavy (non-hydrogen) atoms. The van der Waals surface area contributed by atoms with Crippen molar-refractivity contribution in [3.05, 3.63) is 0 Å². The summed E-state index contributed by atoms with van der Waals surface area (Å²) in [7, 11) is 0. The predicted octanol–water partition coefficient (Wildman–Crippen LogP) is 5.99. The molecule has 0 aromatic carbocycles. The van der Waals surface area contributed by atoms with E-state index >= 15 is 0 Å². The monoisotopic (exact) mass is 297 g/mol. The minimum Gasteiger partial charge on any atom is -0.359 e. The molecule has 0 aliphatic heterocycles. The van der Waals surface area contributed by atoms with E-state index in [1.54, 1.807) is 0 Å². The molecule has 0 rings (SSSR count). The molecule has 0 saturated heterocycles. The summed E-state index contributed by atoms with van der Waals surface area (Å²) in [6, 6.07) is 0. The Balaban J connectivity index is 2.91. The van der Waals surface area contributed by atoms with Gasteiger partial charge in [0.2, 0.25) is 6.41 Å². The first-order valence-electron chi connectivity index (χ1n) is 9.59. The summed E-state index contributed by atoms with van der Waals surface area (Å²) in [4.78, 5) is 10.1. The number of carbonyl (C=O) groups excluding carboxylic acids is 1. The van der Waals surface area contributed by atoms with E-state index in [0.29, 0.717) is 0 Å². The van der Waals surface area contributed by atoms with E-state index in [4.69, 9.17) is 0 Å². The highest BCUT2D eigenvalue weighted by molar-refractivity contribution is 5.45. The first-order chi connectivity index (χ1) is 10.4. The molecule has 1 amide bonds. The number of rotatable bonds is 18. The third kappa shape index (κ3) is 19.5. The summed E-state index contributed by atoms with van der Waals surface area (Å²) >= 11 is 0. The second kappa shape index (κ2) is 19.5. The Labute approximate surface area is 133 Å². The van der Waals surface area contributed by atoms with Crippen LogP contribution in [-0.2, 0) is 4.79 Å². The van der Waals surface area contributed by atoms with Crippen LogP contribution in [0.4, 0.5) is 0 Å². The van der Waals surface area contributed by atoms with Crippen molar-refractivity contribution in [1.29, 1.82) is 0 Å². The molecule has 0 heterocycles. The van der Waals surface area contributed by atoms with E-state index in [1.165, 1.54) is 96.3 Å². The highest BCUT2D eigenvalue weighted by Crippen LogP contribution is 2.13. The molecule has 0 aromatic rings. The third-order valence-corrected chi connectivity index (χ3v) is 4.26. The molecule has 0 unspecified atom stereocenters. The number of nitrogens with one attached hydrogen (secondary N) is 1. The van der Waals surface area contributed by atoms with Crippen molar-refractivity contribution >= 4 is 6.41 Å². The maximum atomic E-state index is 10.1. The van der Waals surface area contributed by atoms with E-state index in [2.05, 4.69) is 12.2 Å². The summed E-state index contributed by atoms with van der Waals surface area (Å²) < 4.78 is 0. The molecule has 126 valence electrons. The molecule has 2 heteroatoms. The topological polar surface area (TPSA) is 29.1 Å². The molecule has 0 bridgehead atoms. The molecule has 1 N–H and O–H groups in total. The van der Waals surface area contributed by atoms with Crippen LogP contribution in [0.25, 0.3) is 0 Å². The molecule has 0 aliphatic carbocycles. The van der Waals surface area contributed by atoms with E-state index in [9.17, 15) is 4.79 Å². The van der Waals surface area contributed by atoms with E-state index in [0.717, 1.165) is 19.4 Å². The summed E-state index contributed by atoms with van der Waals surface area (Å²) in [5, 5.41) is 2.72. The van der Waals surface area contributed by atoms with Gasteiger partial charge in [0.1, 0.15) is 0 Å². The normalized spacial score (nSPS) is 10.7. The maximum absolute atomic E-state index is 10.1. The Morgan fingerprint density at radius 1 is 0.571 bits per heavy atom. The quantitative estimate of drug-likeness (QED) is 0.244. The summed E-state index contributed by atoms with van der Waals surface area (Å²) in [6.45, 7) is 3.13. The predicted molar refractivity (Wildman–Crippen MR) is 93.6 cm³/mol. The van der Waals surface area contributed by atoms with Gasteiger partial charge in [-0.1, -0.05) is 103 Å². The van der Waals surface area contributed by atoms with Gasteiger partial charge in [-0.05, 0) is 6.42 Å². The van der Waals surface area contributed by atoms with Gasteiger partial charge >= 0.3 is 0 Å². The fraction of sp³-hybridized carbons (Fsp3) is 0.947. The van der Waals surface area contributed by atoms with Gasteiger partial charge in [-0.3, -0.25) is 4.79 Å². The first kappa shape index (κ1) is 20.5. The van der Waals surface area contributed by atoms with Crippen molar-refractivity contribution in [1.82, 2.24) is 5.32 Å². The Hall–Kier alpha value is -0.530.